The molecule has 1 aromatic heterocycles. The van der Waals surface area contributed by atoms with Crippen LogP contribution in [0.4, 0.5) is 5.69 Å². The average Bonchev–Trinajstić information content (AvgIpc) is 2.06. The number of likely N-dealkylation sites (N-methyl/N-ethyl adjacent to an activating group) is 1. The largest absolute Gasteiger partial charge is 0.395 e. The van der Waals surface area contributed by atoms with Gasteiger partial charge in [-0.2, -0.15) is 0 Å². The van der Waals surface area contributed by atoms with Crippen molar-refractivity contribution in [3.63, 3.8) is 0 Å². The van der Waals surface area contributed by atoms with Gasteiger partial charge in [0.25, 0.3) is 0 Å². The van der Waals surface area contributed by atoms with Gasteiger partial charge in [-0.1, -0.05) is 11.6 Å². The maximum absolute atomic E-state index is 8.66. The third-order valence-corrected chi connectivity index (χ3v) is 1.81. The predicted octanol–water partition coefficient (Wildman–Crippen LogP) is 1.16. The number of anilines is 1. The molecule has 1 heterocycles. The molecule has 0 fully saturated rings. The van der Waals surface area contributed by atoms with Crippen molar-refractivity contribution < 1.29 is 5.11 Å². The van der Waals surface area contributed by atoms with Gasteiger partial charge < -0.3 is 10.0 Å². The van der Waals surface area contributed by atoms with Gasteiger partial charge in [-0.05, 0) is 12.1 Å². The van der Waals surface area contributed by atoms with E-state index in [4.69, 9.17) is 16.7 Å². The van der Waals surface area contributed by atoms with Gasteiger partial charge in [-0.15, -0.1) is 0 Å². The van der Waals surface area contributed by atoms with Crippen LogP contribution < -0.4 is 4.90 Å². The third kappa shape index (κ3) is 2.36. The molecular weight excluding hydrogens is 176 g/mol. The maximum Gasteiger partial charge on any atom is 0.129 e. The van der Waals surface area contributed by atoms with E-state index < -0.39 is 0 Å². The second-order valence-corrected chi connectivity index (χ2v) is 2.87. The van der Waals surface area contributed by atoms with E-state index in [0.717, 1.165) is 5.69 Å². The molecule has 1 N–H and O–H groups in total. The van der Waals surface area contributed by atoms with Crippen molar-refractivity contribution in [3.8, 4) is 0 Å². The van der Waals surface area contributed by atoms with Crippen molar-refractivity contribution in [1.82, 2.24) is 4.98 Å². The summed E-state index contributed by atoms with van der Waals surface area (Å²) in [5, 5.41) is 9.15. The lowest BCUT2D eigenvalue weighted by molar-refractivity contribution is 0.304. The second kappa shape index (κ2) is 4.28. The summed E-state index contributed by atoms with van der Waals surface area (Å²) >= 11 is 5.61. The summed E-state index contributed by atoms with van der Waals surface area (Å²) in [5.74, 6) is 0. The highest BCUT2D eigenvalue weighted by atomic mass is 35.5. The molecule has 0 amide bonds. The van der Waals surface area contributed by atoms with E-state index in [9.17, 15) is 0 Å². The van der Waals surface area contributed by atoms with Crippen molar-refractivity contribution in [2.24, 2.45) is 0 Å². The molecule has 0 atom stereocenters. The SMILES string of the molecule is CN(CCO)c1ccc(Cl)nc1. The Bertz CT molecular complexity index is 237. The minimum atomic E-state index is 0.138. The third-order valence-electron chi connectivity index (χ3n) is 1.59. The number of nitrogens with zero attached hydrogens (tertiary/aromatic N) is 2. The molecule has 0 saturated heterocycles. The van der Waals surface area contributed by atoms with E-state index >= 15 is 0 Å². The van der Waals surface area contributed by atoms with Crippen LogP contribution in [0.3, 0.4) is 0 Å². The topological polar surface area (TPSA) is 36.4 Å². The predicted molar refractivity (Wildman–Crippen MR) is 49.6 cm³/mol. The number of hydrogen-bond donors (Lipinski definition) is 1. The number of halogens is 1. The smallest absolute Gasteiger partial charge is 0.129 e. The highest BCUT2D eigenvalue weighted by Crippen LogP contribution is 2.12. The Morgan fingerprint density at radius 3 is 2.83 bits per heavy atom. The molecule has 0 aromatic carbocycles. The first-order chi connectivity index (χ1) is 5.74. The number of rotatable bonds is 3. The van der Waals surface area contributed by atoms with E-state index in [0.29, 0.717) is 11.7 Å². The van der Waals surface area contributed by atoms with Crippen molar-refractivity contribution in [2.75, 3.05) is 25.1 Å². The highest BCUT2D eigenvalue weighted by Gasteiger charge is 1.98. The molecule has 0 bridgehead atoms. The molecule has 4 heteroatoms. The summed E-state index contributed by atoms with van der Waals surface area (Å²) in [4.78, 5) is 5.83. The highest BCUT2D eigenvalue weighted by molar-refractivity contribution is 6.29. The van der Waals surface area contributed by atoms with Crippen LogP contribution in [0.5, 0.6) is 0 Å². The van der Waals surface area contributed by atoms with Crippen LogP contribution >= 0.6 is 11.6 Å². The fraction of sp³-hybridized carbons (Fsp3) is 0.375. The number of aliphatic hydroxyl groups is 1. The molecular formula is C8H11ClN2O. The van der Waals surface area contributed by atoms with E-state index in [-0.39, 0.29) is 6.61 Å². The summed E-state index contributed by atoms with van der Waals surface area (Å²) in [6.07, 6.45) is 1.68. The Hall–Kier alpha value is -0.800. The fourth-order valence-corrected chi connectivity index (χ4v) is 0.985. The molecule has 1 rings (SSSR count). The zero-order valence-corrected chi connectivity index (χ0v) is 7.62. The van der Waals surface area contributed by atoms with Gasteiger partial charge >= 0.3 is 0 Å². The Morgan fingerprint density at radius 1 is 1.58 bits per heavy atom. The Balaban J connectivity index is 2.68. The van der Waals surface area contributed by atoms with E-state index in [1.54, 1.807) is 12.3 Å². The zero-order chi connectivity index (χ0) is 8.97. The molecule has 0 saturated carbocycles. The number of pyridine rings is 1. The van der Waals surface area contributed by atoms with Crippen LogP contribution in [0.25, 0.3) is 0 Å². The summed E-state index contributed by atoms with van der Waals surface area (Å²) in [7, 11) is 1.89. The Labute approximate surface area is 76.6 Å². The van der Waals surface area contributed by atoms with Crippen LogP contribution in [0.1, 0.15) is 0 Å². The standard InChI is InChI=1S/C8H11ClN2O/c1-11(4-5-12)7-2-3-8(9)10-6-7/h2-3,6,12H,4-5H2,1H3. The quantitative estimate of drug-likeness (QED) is 0.720. The van der Waals surface area contributed by atoms with Crippen molar-refractivity contribution in [3.05, 3.63) is 23.5 Å². The van der Waals surface area contributed by atoms with Gasteiger partial charge in [0.05, 0.1) is 18.5 Å². The Kier molecular flexibility index (Phi) is 3.31. The molecule has 0 unspecified atom stereocenters. The average molecular weight is 187 g/mol. The summed E-state index contributed by atoms with van der Waals surface area (Å²) < 4.78 is 0. The van der Waals surface area contributed by atoms with Gasteiger partial charge in [0.2, 0.25) is 0 Å². The number of aromatic nitrogens is 1. The van der Waals surface area contributed by atoms with Crippen LogP contribution in [0.15, 0.2) is 18.3 Å². The molecule has 1 aromatic rings. The molecule has 66 valence electrons. The maximum atomic E-state index is 8.66. The number of hydrogen-bond acceptors (Lipinski definition) is 3. The summed E-state index contributed by atoms with van der Waals surface area (Å²) in [6, 6.07) is 3.59. The van der Waals surface area contributed by atoms with Crippen LogP contribution in [-0.4, -0.2) is 30.3 Å². The minimum absolute atomic E-state index is 0.138. The molecule has 0 spiro atoms. The molecule has 0 aliphatic rings. The molecule has 0 aliphatic carbocycles. The summed E-state index contributed by atoms with van der Waals surface area (Å²) in [6.45, 7) is 0.739. The van der Waals surface area contributed by atoms with Gasteiger partial charge in [-0.25, -0.2) is 4.98 Å². The lowest BCUT2D eigenvalue weighted by Gasteiger charge is -2.16. The first-order valence-corrected chi connectivity index (χ1v) is 4.05. The lowest BCUT2D eigenvalue weighted by atomic mass is 10.4. The van der Waals surface area contributed by atoms with Gasteiger partial charge in [-0.3, -0.25) is 0 Å². The van der Waals surface area contributed by atoms with E-state index in [1.807, 2.05) is 18.0 Å². The minimum Gasteiger partial charge on any atom is -0.395 e. The first-order valence-electron chi connectivity index (χ1n) is 3.67. The zero-order valence-electron chi connectivity index (χ0n) is 6.87. The van der Waals surface area contributed by atoms with E-state index in [1.165, 1.54) is 0 Å². The van der Waals surface area contributed by atoms with Crippen LogP contribution in [0.2, 0.25) is 5.15 Å². The van der Waals surface area contributed by atoms with Crippen LogP contribution in [-0.2, 0) is 0 Å². The van der Waals surface area contributed by atoms with Crippen molar-refractivity contribution in [2.45, 2.75) is 0 Å². The molecule has 0 radical (unpaired) electrons. The van der Waals surface area contributed by atoms with Gasteiger partial charge in [0.1, 0.15) is 5.15 Å². The molecule has 12 heavy (non-hydrogen) atoms. The van der Waals surface area contributed by atoms with Crippen molar-refractivity contribution >= 4 is 17.3 Å². The van der Waals surface area contributed by atoms with Crippen molar-refractivity contribution in [1.29, 1.82) is 0 Å². The van der Waals surface area contributed by atoms with Gasteiger partial charge in [0, 0.05) is 13.6 Å². The summed E-state index contributed by atoms with van der Waals surface area (Å²) in [5.41, 5.74) is 0.952. The van der Waals surface area contributed by atoms with Crippen LogP contribution in [0, 0.1) is 0 Å². The van der Waals surface area contributed by atoms with E-state index in [2.05, 4.69) is 4.98 Å². The first kappa shape index (κ1) is 9.29. The fourth-order valence-electron chi connectivity index (χ4n) is 0.873. The normalized spacial score (nSPS) is 9.92. The lowest BCUT2D eigenvalue weighted by Crippen LogP contribution is -2.21. The molecule has 0 aliphatic heterocycles. The number of aliphatic hydroxyl groups excluding tert-OH is 1. The van der Waals surface area contributed by atoms with Gasteiger partial charge in [0.15, 0.2) is 0 Å². The monoisotopic (exact) mass is 186 g/mol. The Morgan fingerprint density at radius 2 is 2.33 bits per heavy atom. The molecule has 3 nitrogen and oxygen atoms in total. The second-order valence-electron chi connectivity index (χ2n) is 2.48.